The third kappa shape index (κ3) is 3.61. The molecular weight excluding hydrogens is 304 g/mol. The Morgan fingerprint density at radius 3 is 2.67 bits per heavy atom. The molecule has 2 fully saturated rings. The van der Waals surface area contributed by atoms with Crippen molar-refractivity contribution in [3.8, 4) is 0 Å². The Bertz CT molecular complexity index is 618. The average Bonchev–Trinajstić information content (AvgIpc) is 3.19. The summed E-state index contributed by atoms with van der Waals surface area (Å²) in [5, 5.41) is 13.5. The Kier molecular flexibility index (Phi) is 4.63. The lowest BCUT2D eigenvalue weighted by Gasteiger charge is -2.25. The van der Waals surface area contributed by atoms with E-state index < -0.39 is 5.60 Å². The highest BCUT2D eigenvalue weighted by Crippen LogP contribution is 2.40. The molecule has 0 bridgehead atoms. The number of aliphatic hydroxyl groups is 1. The van der Waals surface area contributed by atoms with Gasteiger partial charge in [-0.25, -0.2) is 0 Å². The van der Waals surface area contributed by atoms with Crippen LogP contribution in [0.2, 0.25) is 0 Å². The molecule has 5 heteroatoms. The van der Waals surface area contributed by atoms with Crippen molar-refractivity contribution in [2.24, 2.45) is 11.8 Å². The number of nitrogens with one attached hydrogen (secondary N) is 1. The zero-order valence-corrected chi connectivity index (χ0v) is 14.4. The minimum atomic E-state index is -1.01. The number of rotatable bonds is 5. The minimum Gasteiger partial charge on any atom is -0.386 e. The van der Waals surface area contributed by atoms with Crippen LogP contribution < -0.4 is 5.32 Å². The van der Waals surface area contributed by atoms with E-state index in [-0.39, 0.29) is 30.2 Å². The second-order valence-electron chi connectivity index (χ2n) is 7.40. The largest absolute Gasteiger partial charge is 0.386 e. The smallest absolute Gasteiger partial charge is 0.227 e. The Morgan fingerprint density at radius 1 is 1.38 bits per heavy atom. The highest BCUT2D eigenvalue weighted by Gasteiger charge is 2.46. The molecule has 1 saturated carbocycles. The van der Waals surface area contributed by atoms with Crippen molar-refractivity contribution in [3.05, 3.63) is 35.9 Å². The molecule has 2 aliphatic rings. The maximum atomic E-state index is 12.3. The first-order valence-electron chi connectivity index (χ1n) is 8.73. The summed E-state index contributed by atoms with van der Waals surface area (Å²) in [6.45, 7) is 5.01. The van der Waals surface area contributed by atoms with Crippen molar-refractivity contribution in [1.82, 2.24) is 10.2 Å². The maximum Gasteiger partial charge on any atom is 0.227 e. The summed E-state index contributed by atoms with van der Waals surface area (Å²) in [5.74, 6) is 0.400. The lowest BCUT2D eigenvalue weighted by atomic mass is 9.99. The minimum absolute atomic E-state index is 0.102. The van der Waals surface area contributed by atoms with Crippen molar-refractivity contribution >= 4 is 11.8 Å². The molecule has 1 aromatic rings. The van der Waals surface area contributed by atoms with Gasteiger partial charge < -0.3 is 15.3 Å². The number of likely N-dealkylation sites (tertiary alicyclic amines) is 1. The summed E-state index contributed by atoms with van der Waals surface area (Å²) in [4.78, 5) is 26.3. The van der Waals surface area contributed by atoms with Gasteiger partial charge in [-0.15, -0.1) is 0 Å². The Labute approximate surface area is 143 Å². The van der Waals surface area contributed by atoms with E-state index in [1.165, 1.54) is 0 Å². The second-order valence-corrected chi connectivity index (χ2v) is 7.40. The van der Waals surface area contributed by atoms with Crippen molar-refractivity contribution in [3.63, 3.8) is 0 Å². The Hall–Kier alpha value is -1.88. The van der Waals surface area contributed by atoms with Crippen LogP contribution >= 0.6 is 0 Å². The number of amides is 2. The zero-order valence-electron chi connectivity index (χ0n) is 14.4. The van der Waals surface area contributed by atoms with E-state index in [0.717, 1.165) is 12.0 Å². The molecule has 0 spiro atoms. The number of hydrogen-bond donors (Lipinski definition) is 2. The average molecular weight is 330 g/mol. The van der Waals surface area contributed by atoms with Gasteiger partial charge in [-0.2, -0.15) is 0 Å². The number of carbonyl (C=O) groups excluding carboxylic acids is 2. The monoisotopic (exact) mass is 330 g/mol. The fourth-order valence-electron chi connectivity index (χ4n) is 3.39. The topological polar surface area (TPSA) is 69.6 Å². The molecule has 1 aliphatic heterocycles. The molecular formula is C19H26N2O3. The van der Waals surface area contributed by atoms with Crippen LogP contribution in [0.5, 0.6) is 0 Å². The Morgan fingerprint density at radius 2 is 2.04 bits per heavy atom. The van der Waals surface area contributed by atoms with Gasteiger partial charge in [-0.3, -0.25) is 9.59 Å². The SMILES string of the molecule is CC(C(=O)NCC1(O)CCN(C(=O)C2CC2C)C1)c1ccccc1. The molecule has 1 heterocycles. The molecule has 2 amide bonds. The van der Waals surface area contributed by atoms with Gasteiger partial charge in [0.25, 0.3) is 0 Å². The van der Waals surface area contributed by atoms with Crippen molar-refractivity contribution in [1.29, 1.82) is 0 Å². The first-order chi connectivity index (χ1) is 11.4. The molecule has 24 heavy (non-hydrogen) atoms. The molecule has 1 aromatic carbocycles. The van der Waals surface area contributed by atoms with Crippen LogP contribution in [0.3, 0.4) is 0 Å². The predicted octanol–water partition coefficient (Wildman–Crippen LogP) is 1.53. The normalized spacial score (nSPS) is 30.0. The van der Waals surface area contributed by atoms with E-state index in [4.69, 9.17) is 0 Å². The van der Waals surface area contributed by atoms with E-state index in [9.17, 15) is 14.7 Å². The van der Waals surface area contributed by atoms with E-state index in [1.807, 2.05) is 37.3 Å². The van der Waals surface area contributed by atoms with Crippen LogP contribution in [0.15, 0.2) is 30.3 Å². The summed E-state index contributed by atoms with van der Waals surface area (Å²) in [7, 11) is 0. The fourth-order valence-corrected chi connectivity index (χ4v) is 3.39. The standard InChI is InChI=1S/C19H26N2O3/c1-13-10-16(13)18(23)21-9-8-19(24,12-21)11-20-17(22)14(2)15-6-4-3-5-7-15/h3-7,13-14,16,24H,8-12H2,1-2H3,(H,20,22). The summed E-state index contributed by atoms with van der Waals surface area (Å²) >= 11 is 0. The third-order valence-corrected chi connectivity index (χ3v) is 5.36. The summed E-state index contributed by atoms with van der Waals surface area (Å²) in [5.41, 5.74) is -0.0622. The lowest BCUT2D eigenvalue weighted by Crippen LogP contribution is -2.46. The lowest BCUT2D eigenvalue weighted by molar-refractivity contribution is -0.132. The van der Waals surface area contributed by atoms with E-state index >= 15 is 0 Å². The van der Waals surface area contributed by atoms with Crippen LogP contribution in [0.25, 0.3) is 0 Å². The first-order valence-corrected chi connectivity index (χ1v) is 8.73. The van der Waals surface area contributed by atoms with Gasteiger partial charge in [0.15, 0.2) is 0 Å². The highest BCUT2D eigenvalue weighted by atomic mass is 16.3. The number of benzene rings is 1. The van der Waals surface area contributed by atoms with Gasteiger partial charge in [0.1, 0.15) is 5.60 Å². The summed E-state index contributed by atoms with van der Waals surface area (Å²) < 4.78 is 0. The quantitative estimate of drug-likeness (QED) is 0.860. The fraction of sp³-hybridized carbons (Fsp3) is 0.579. The van der Waals surface area contributed by atoms with Crippen molar-refractivity contribution in [2.75, 3.05) is 19.6 Å². The molecule has 4 atom stereocenters. The number of nitrogens with zero attached hydrogens (tertiary/aromatic N) is 1. The summed E-state index contributed by atoms with van der Waals surface area (Å²) in [6, 6.07) is 9.58. The molecule has 1 aliphatic carbocycles. The third-order valence-electron chi connectivity index (χ3n) is 5.36. The van der Waals surface area contributed by atoms with Gasteiger partial charge in [0, 0.05) is 19.0 Å². The van der Waals surface area contributed by atoms with Crippen molar-refractivity contribution < 1.29 is 14.7 Å². The number of carbonyl (C=O) groups is 2. The Balaban J connectivity index is 1.51. The first kappa shape index (κ1) is 17.0. The van der Waals surface area contributed by atoms with Crippen LogP contribution in [-0.4, -0.2) is 47.1 Å². The zero-order chi connectivity index (χ0) is 17.3. The second kappa shape index (κ2) is 6.55. The predicted molar refractivity (Wildman–Crippen MR) is 91.3 cm³/mol. The van der Waals surface area contributed by atoms with Crippen LogP contribution in [0.1, 0.15) is 38.2 Å². The number of β-amino-alcohol motifs (C(OH)–C–C–N with tert-alkyl or cyclic N) is 1. The molecule has 1 saturated heterocycles. The molecule has 0 aromatic heterocycles. The van der Waals surface area contributed by atoms with Gasteiger partial charge in [-0.05, 0) is 31.2 Å². The van der Waals surface area contributed by atoms with Gasteiger partial charge in [0.05, 0.1) is 12.5 Å². The van der Waals surface area contributed by atoms with Crippen LogP contribution in [0.4, 0.5) is 0 Å². The highest BCUT2D eigenvalue weighted by molar-refractivity contribution is 5.83. The molecule has 0 radical (unpaired) electrons. The molecule has 2 N–H and O–H groups in total. The van der Waals surface area contributed by atoms with Gasteiger partial charge in [0.2, 0.25) is 11.8 Å². The summed E-state index contributed by atoms with van der Waals surface area (Å²) in [6.07, 6.45) is 1.47. The van der Waals surface area contributed by atoms with Crippen molar-refractivity contribution in [2.45, 2.75) is 38.2 Å². The van der Waals surface area contributed by atoms with Crippen LogP contribution in [0, 0.1) is 11.8 Å². The van der Waals surface area contributed by atoms with Gasteiger partial charge >= 0.3 is 0 Å². The molecule has 3 rings (SSSR count). The van der Waals surface area contributed by atoms with Crippen LogP contribution in [-0.2, 0) is 9.59 Å². The van der Waals surface area contributed by atoms with Gasteiger partial charge in [-0.1, -0.05) is 37.3 Å². The van der Waals surface area contributed by atoms with E-state index in [2.05, 4.69) is 12.2 Å². The van der Waals surface area contributed by atoms with E-state index in [0.29, 0.717) is 25.4 Å². The molecule has 4 unspecified atom stereocenters. The van der Waals surface area contributed by atoms with E-state index in [1.54, 1.807) is 4.90 Å². The number of hydrogen-bond acceptors (Lipinski definition) is 3. The maximum absolute atomic E-state index is 12.3. The molecule has 130 valence electrons. The molecule has 5 nitrogen and oxygen atoms in total.